The van der Waals surface area contributed by atoms with E-state index in [9.17, 15) is 21.6 Å². The molecule has 0 saturated heterocycles. The van der Waals surface area contributed by atoms with Crippen molar-refractivity contribution >= 4 is 9.84 Å². The third-order valence-corrected chi connectivity index (χ3v) is 4.71. The molecule has 25 heavy (non-hydrogen) atoms. The molecule has 4 nitrogen and oxygen atoms in total. The van der Waals surface area contributed by atoms with Crippen LogP contribution in [-0.4, -0.2) is 24.5 Å². The summed E-state index contributed by atoms with van der Waals surface area (Å²) in [5.74, 6) is -0.965. The van der Waals surface area contributed by atoms with E-state index in [2.05, 4.69) is 5.10 Å². The van der Waals surface area contributed by atoms with Gasteiger partial charge < -0.3 is 0 Å². The second-order valence-corrected chi connectivity index (χ2v) is 7.40. The van der Waals surface area contributed by atoms with Crippen LogP contribution in [-0.2, 0) is 9.84 Å². The van der Waals surface area contributed by atoms with Gasteiger partial charge in [0, 0.05) is 17.9 Å². The zero-order chi connectivity index (χ0) is 18.2. The fraction of sp³-hybridized carbons (Fsp3) is 0.118. The molecule has 8 heteroatoms. The maximum absolute atomic E-state index is 14.2. The highest BCUT2D eigenvalue weighted by Gasteiger charge is 2.20. The van der Waals surface area contributed by atoms with Gasteiger partial charge in [-0.2, -0.15) is 5.10 Å². The highest BCUT2D eigenvalue weighted by atomic mass is 32.2. The Morgan fingerprint density at radius 2 is 1.72 bits per heavy atom. The second-order valence-electron chi connectivity index (χ2n) is 5.42. The van der Waals surface area contributed by atoms with Crippen molar-refractivity contribution in [2.45, 2.75) is 11.3 Å². The third-order valence-electron chi connectivity index (χ3n) is 3.58. The van der Waals surface area contributed by atoms with E-state index in [1.54, 1.807) is 30.3 Å². The Morgan fingerprint density at radius 3 is 2.28 bits per heavy atom. The van der Waals surface area contributed by atoms with Crippen LogP contribution in [0.1, 0.15) is 12.1 Å². The van der Waals surface area contributed by atoms with Gasteiger partial charge in [0.2, 0.25) is 0 Å². The van der Waals surface area contributed by atoms with Crippen molar-refractivity contribution < 1.29 is 21.6 Å². The summed E-state index contributed by atoms with van der Waals surface area (Å²) in [6, 6.07) is 13.3. The quantitative estimate of drug-likeness (QED) is 0.701. The summed E-state index contributed by atoms with van der Waals surface area (Å²) >= 11 is 0. The molecule has 3 rings (SSSR count). The van der Waals surface area contributed by atoms with E-state index in [4.69, 9.17) is 0 Å². The van der Waals surface area contributed by atoms with E-state index in [0.717, 1.165) is 18.4 Å². The van der Waals surface area contributed by atoms with E-state index >= 15 is 0 Å². The minimum atomic E-state index is -3.73. The van der Waals surface area contributed by atoms with Crippen LogP contribution >= 0.6 is 0 Å². The number of benzene rings is 2. The predicted molar refractivity (Wildman–Crippen MR) is 87.0 cm³/mol. The molecule has 0 amide bonds. The first-order valence-corrected chi connectivity index (χ1v) is 9.10. The number of hydrogen-bond donors (Lipinski definition) is 0. The number of hydrogen-bond acceptors (Lipinski definition) is 3. The van der Waals surface area contributed by atoms with E-state index < -0.39 is 32.7 Å². The van der Waals surface area contributed by atoms with Crippen LogP contribution in [0.25, 0.3) is 16.9 Å². The number of rotatable bonds is 4. The molecule has 0 spiro atoms. The average molecular weight is 366 g/mol. The molecule has 2 aromatic carbocycles. The van der Waals surface area contributed by atoms with Crippen molar-refractivity contribution in [2.75, 3.05) is 6.26 Å². The van der Waals surface area contributed by atoms with Gasteiger partial charge in [0.05, 0.1) is 11.4 Å². The Kier molecular flexibility index (Phi) is 4.38. The zero-order valence-electron chi connectivity index (χ0n) is 13.0. The van der Waals surface area contributed by atoms with Crippen LogP contribution in [0.2, 0.25) is 0 Å². The standard InChI is InChI=1S/C17H13F3N2O2S/c1-25(23,24)16-8-7-12(9-13(16)18)22-15(10-14(21-22)17(19)20)11-5-3-2-4-6-11/h2-10,17H,1H3. The summed E-state index contributed by atoms with van der Waals surface area (Å²) in [6.07, 6.45) is -1.90. The number of aromatic nitrogens is 2. The molecule has 0 atom stereocenters. The van der Waals surface area contributed by atoms with E-state index in [0.29, 0.717) is 11.3 Å². The van der Waals surface area contributed by atoms with Gasteiger partial charge in [-0.05, 0) is 18.2 Å². The number of sulfone groups is 1. The fourth-order valence-electron chi connectivity index (χ4n) is 2.44. The first kappa shape index (κ1) is 17.2. The van der Waals surface area contributed by atoms with Crippen LogP contribution in [0.4, 0.5) is 13.2 Å². The first-order chi connectivity index (χ1) is 11.8. The van der Waals surface area contributed by atoms with Gasteiger partial charge in [0.25, 0.3) is 6.43 Å². The molecule has 0 N–H and O–H groups in total. The van der Waals surface area contributed by atoms with Crippen LogP contribution in [0, 0.1) is 5.82 Å². The number of nitrogens with zero attached hydrogens (tertiary/aromatic N) is 2. The molecule has 0 aliphatic heterocycles. The van der Waals surface area contributed by atoms with Gasteiger partial charge in [-0.1, -0.05) is 30.3 Å². The average Bonchev–Trinajstić information content (AvgIpc) is 3.00. The van der Waals surface area contributed by atoms with Crippen molar-refractivity contribution in [3.05, 3.63) is 66.1 Å². The molecule has 0 saturated carbocycles. The van der Waals surface area contributed by atoms with Gasteiger partial charge >= 0.3 is 0 Å². The van der Waals surface area contributed by atoms with Crippen LogP contribution < -0.4 is 0 Å². The fourth-order valence-corrected chi connectivity index (χ4v) is 3.17. The van der Waals surface area contributed by atoms with Crippen molar-refractivity contribution in [3.63, 3.8) is 0 Å². The molecule has 0 bridgehead atoms. The molecule has 0 radical (unpaired) electrons. The summed E-state index contributed by atoms with van der Waals surface area (Å²) in [4.78, 5) is -0.459. The number of alkyl halides is 2. The minimum absolute atomic E-state index is 0.149. The van der Waals surface area contributed by atoms with E-state index in [1.807, 2.05) is 0 Å². The monoisotopic (exact) mass is 366 g/mol. The van der Waals surface area contributed by atoms with Crippen LogP contribution in [0.5, 0.6) is 0 Å². The van der Waals surface area contributed by atoms with Crippen molar-refractivity contribution in [3.8, 4) is 16.9 Å². The van der Waals surface area contributed by atoms with Gasteiger partial charge in [-0.25, -0.2) is 26.3 Å². The molecular formula is C17H13F3N2O2S. The third kappa shape index (κ3) is 3.43. The Balaban J connectivity index is 2.19. The number of halogens is 3. The van der Waals surface area contributed by atoms with Gasteiger partial charge in [0.15, 0.2) is 9.84 Å². The molecule has 0 unspecified atom stereocenters. The molecule has 0 fully saturated rings. The Bertz CT molecular complexity index is 1020. The van der Waals surface area contributed by atoms with Crippen LogP contribution in [0.3, 0.4) is 0 Å². The zero-order valence-corrected chi connectivity index (χ0v) is 13.8. The maximum Gasteiger partial charge on any atom is 0.282 e. The minimum Gasteiger partial charge on any atom is -0.233 e. The largest absolute Gasteiger partial charge is 0.282 e. The molecule has 3 aromatic rings. The summed E-state index contributed by atoms with van der Waals surface area (Å²) in [5, 5.41) is 3.84. The molecule has 1 aromatic heterocycles. The summed E-state index contributed by atoms with van der Waals surface area (Å²) < 4.78 is 64.5. The van der Waals surface area contributed by atoms with Gasteiger partial charge in [-0.3, -0.25) is 0 Å². The molecule has 1 heterocycles. The lowest BCUT2D eigenvalue weighted by Crippen LogP contribution is -2.05. The first-order valence-electron chi connectivity index (χ1n) is 7.21. The predicted octanol–water partition coefficient (Wildman–Crippen LogP) is 4.02. The Morgan fingerprint density at radius 1 is 1.04 bits per heavy atom. The lowest BCUT2D eigenvalue weighted by Gasteiger charge is -2.09. The van der Waals surface area contributed by atoms with Crippen molar-refractivity contribution in [1.82, 2.24) is 9.78 Å². The highest BCUT2D eigenvalue weighted by molar-refractivity contribution is 7.90. The van der Waals surface area contributed by atoms with Crippen molar-refractivity contribution in [1.29, 1.82) is 0 Å². The molecular weight excluding hydrogens is 353 g/mol. The Labute approximate surface area is 142 Å². The van der Waals surface area contributed by atoms with Gasteiger partial charge in [-0.15, -0.1) is 0 Å². The molecule has 0 aliphatic carbocycles. The van der Waals surface area contributed by atoms with Crippen LogP contribution in [0.15, 0.2) is 59.5 Å². The van der Waals surface area contributed by atoms with E-state index in [1.165, 1.54) is 16.8 Å². The van der Waals surface area contributed by atoms with Crippen molar-refractivity contribution in [2.24, 2.45) is 0 Å². The second kappa shape index (κ2) is 6.36. The summed E-state index contributed by atoms with van der Waals surface area (Å²) in [5.41, 5.74) is 0.666. The van der Waals surface area contributed by atoms with E-state index in [-0.39, 0.29) is 5.69 Å². The summed E-state index contributed by atoms with van der Waals surface area (Å²) in [6.45, 7) is 0. The topological polar surface area (TPSA) is 52.0 Å². The normalized spacial score (nSPS) is 11.9. The lowest BCUT2D eigenvalue weighted by molar-refractivity contribution is 0.145. The molecule has 0 aliphatic rings. The summed E-state index contributed by atoms with van der Waals surface area (Å²) in [7, 11) is -3.73. The SMILES string of the molecule is CS(=O)(=O)c1ccc(-n2nc(C(F)F)cc2-c2ccccc2)cc1F. The smallest absolute Gasteiger partial charge is 0.233 e. The van der Waals surface area contributed by atoms with Gasteiger partial charge in [0.1, 0.15) is 16.4 Å². The Hall–Kier alpha value is -2.61. The molecule has 130 valence electrons. The highest BCUT2D eigenvalue weighted by Crippen LogP contribution is 2.29. The lowest BCUT2D eigenvalue weighted by atomic mass is 10.1. The maximum atomic E-state index is 14.2.